The lowest BCUT2D eigenvalue weighted by Gasteiger charge is -2.06. The zero-order valence-electron chi connectivity index (χ0n) is 17.6. The van der Waals surface area contributed by atoms with Gasteiger partial charge in [0.15, 0.2) is 0 Å². The highest BCUT2D eigenvalue weighted by molar-refractivity contribution is 7.15. The van der Waals surface area contributed by atoms with Crippen molar-refractivity contribution in [1.29, 1.82) is 0 Å². The van der Waals surface area contributed by atoms with Crippen LogP contribution in [0, 0.1) is 6.92 Å². The quantitative estimate of drug-likeness (QED) is 0.372. The summed E-state index contributed by atoms with van der Waals surface area (Å²) in [7, 11) is 0. The van der Waals surface area contributed by atoms with Crippen LogP contribution in [-0.4, -0.2) is 32.6 Å². The number of carbonyl (C=O) groups is 1. The molecule has 0 bridgehead atoms. The van der Waals surface area contributed by atoms with Crippen molar-refractivity contribution < 1.29 is 9.90 Å². The Morgan fingerprint density at radius 2 is 1.88 bits per heavy atom. The summed E-state index contributed by atoms with van der Waals surface area (Å²) < 4.78 is 0. The van der Waals surface area contributed by atoms with Gasteiger partial charge in [-0.1, -0.05) is 18.2 Å². The molecule has 7 nitrogen and oxygen atoms in total. The van der Waals surface area contributed by atoms with Crippen molar-refractivity contribution in [3.63, 3.8) is 0 Å². The molecule has 3 heterocycles. The van der Waals surface area contributed by atoms with E-state index in [-0.39, 0.29) is 0 Å². The fourth-order valence-electron chi connectivity index (χ4n) is 3.13. The van der Waals surface area contributed by atoms with Gasteiger partial charge in [-0.3, -0.25) is 4.79 Å². The number of aliphatic hydroxyl groups excluding tert-OH is 1. The van der Waals surface area contributed by atoms with Gasteiger partial charge in [-0.15, -0.1) is 11.3 Å². The summed E-state index contributed by atoms with van der Waals surface area (Å²) in [6.45, 7) is 1.50. The van der Waals surface area contributed by atoms with E-state index in [4.69, 9.17) is 10.1 Å². The van der Waals surface area contributed by atoms with Gasteiger partial charge in [0.25, 0.3) is 0 Å². The summed E-state index contributed by atoms with van der Waals surface area (Å²) in [6, 6.07) is 17.4. The molecule has 0 aliphatic carbocycles. The predicted molar refractivity (Wildman–Crippen MR) is 127 cm³/mol. The number of nitrogens with one attached hydrogen (secondary N) is 2. The molecular weight excluding hydrogens is 422 g/mol. The second-order valence-corrected chi connectivity index (χ2v) is 8.39. The van der Waals surface area contributed by atoms with Gasteiger partial charge in [0, 0.05) is 24.5 Å². The molecule has 32 heavy (non-hydrogen) atoms. The number of aryl methyl sites for hydroxylation is 3. The van der Waals surface area contributed by atoms with Gasteiger partial charge in [-0.25, -0.2) is 15.0 Å². The lowest BCUT2D eigenvalue weighted by Crippen LogP contribution is -2.15. The Bertz CT molecular complexity index is 1210. The van der Waals surface area contributed by atoms with Crippen LogP contribution >= 0.6 is 11.3 Å². The van der Waals surface area contributed by atoms with Crippen LogP contribution in [0.1, 0.15) is 16.1 Å². The standard InChI is InChI=1S/C24H23N5O2S/c1-16-11-12-25-22(13-16)29-21-4-2-3-19(28-21)20-14-26-24(32-20)10-7-17-5-8-18(9-6-17)27-23(31)15-30/h2-6,8-9,11-14,30H,7,10,15H2,1H3,(H,27,31)(H,25,28,29). The summed E-state index contributed by atoms with van der Waals surface area (Å²) in [4.78, 5) is 25.9. The Kier molecular flexibility index (Phi) is 6.84. The maximum absolute atomic E-state index is 11.2. The molecule has 3 aromatic heterocycles. The number of anilines is 3. The molecule has 4 aromatic rings. The van der Waals surface area contributed by atoms with Crippen LogP contribution in [0.25, 0.3) is 10.6 Å². The fraction of sp³-hybridized carbons (Fsp3) is 0.167. The lowest BCUT2D eigenvalue weighted by molar-refractivity contribution is -0.118. The van der Waals surface area contributed by atoms with E-state index in [0.717, 1.165) is 51.2 Å². The molecule has 1 aromatic carbocycles. The Morgan fingerprint density at radius 3 is 2.66 bits per heavy atom. The number of hydrogen-bond acceptors (Lipinski definition) is 7. The third kappa shape index (κ3) is 5.75. The molecular formula is C24H23N5O2S. The van der Waals surface area contributed by atoms with Crippen LogP contribution in [0.3, 0.4) is 0 Å². The smallest absolute Gasteiger partial charge is 0.250 e. The van der Waals surface area contributed by atoms with E-state index in [1.165, 1.54) is 0 Å². The summed E-state index contributed by atoms with van der Waals surface area (Å²) >= 11 is 1.64. The maximum atomic E-state index is 11.2. The molecule has 0 spiro atoms. The number of benzene rings is 1. The first-order valence-electron chi connectivity index (χ1n) is 10.2. The van der Waals surface area contributed by atoms with Crippen LogP contribution in [0.4, 0.5) is 17.3 Å². The van der Waals surface area contributed by atoms with Crippen molar-refractivity contribution in [3.8, 4) is 10.6 Å². The zero-order valence-corrected chi connectivity index (χ0v) is 18.4. The van der Waals surface area contributed by atoms with Crippen LogP contribution in [-0.2, 0) is 17.6 Å². The van der Waals surface area contributed by atoms with Crippen molar-refractivity contribution in [3.05, 3.63) is 83.1 Å². The number of hydrogen-bond donors (Lipinski definition) is 3. The molecule has 0 saturated heterocycles. The predicted octanol–water partition coefficient (Wildman–Crippen LogP) is 4.37. The molecule has 0 unspecified atom stereocenters. The number of thiazole rings is 1. The van der Waals surface area contributed by atoms with Crippen LogP contribution in [0.15, 0.2) is 67.0 Å². The Balaban J connectivity index is 1.38. The van der Waals surface area contributed by atoms with Crippen molar-refractivity contribution in [2.75, 3.05) is 17.2 Å². The van der Waals surface area contributed by atoms with Crippen LogP contribution in [0.5, 0.6) is 0 Å². The molecule has 162 valence electrons. The Hall–Kier alpha value is -3.62. The van der Waals surface area contributed by atoms with Gasteiger partial charge >= 0.3 is 0 Å². The highest BCUT2D eigenvalue weighted by Crippen LogP contribution is 2.27. The first-order chi connectivity index (χ1) is 15.6. The highest BCUT2D eigenvalue weighted by atomic mass is 32.1. The molecule has 1 amide bonds. The van der Waals surface area contributed by atoms with Crippen LogP contribution in [0.2, 0.25) is 0 Å². The Labute approximate surface area is 190 Å². The van der Waals surface area contributed by atoms with Gasteiger partial charge in [0.05, 0.1) is 15.6 Å². The lowest BCUT2D eigenvalue weighted by atomic mass is 10.1. The summed E-state index contributed by atoms with van der Waals surface area (Å²) in [5.41, 5.74) is 3.83. The Morgan fingerprint density at radius 1 is 1.03 bits per heavy atom. The van der Waals surface area contributed by atoms with E-state index in [2.05, 4.69) is 20.6 Å². The zero-order chi connectivity index (χ0) is 22.3. The van der Waals surface area contributed by atoms with Gasteiger partial charge in [0.2, 0.25) is 5.91 Å². The van der Waals surface area contributed by atoms with Gasteiger partial charge in [-0.2, -0.15) is 0 Å². The second-order valence-electron chi connectivity index (χ2n) is 7.27. The van der Waals surface area contributed by atoms with E-state index in [0.29, 0.717) is 5.69 Å². The average molecular weight is 446 g/mol. The molecule has 0 fully saturated rings. The molecule has 0 aliphatic rings. The van der Waals surface area contributed by atoms with Gasteiger partial charge in [-0.05, 0) is 60.9 Å². The minimum absolute atomic E-state index is 0.420. The normalized spacial score (nSPS) is 10.7. The summed E-state index contributed by atoms with van der Waals surface area (Å²) in [6.07, 6.45) is 5.30. The van der Waals surface area contributed by atoms with Crippen molar-refractivity contribution in [1.82, 2.24) is 15.0 Å². The third-order valence-electron chi connectivity index (χ3n) is 4.74. The first kappa shape index (κ1) is 21.6. The maximum Gasteiger partial charge on any atom is 0.250 e. The van der Waals surface area contributed by atoms with Gasteiger partial charge in [0.1, 0.15) is 18.2 Å². The number of rotatable bonds is 8. The third-order valence-corrected chi connectivity index (χ3v) is 5.82. The topological polar surface area (TPSA) is 100 Å². The summed E-state index contributed by atoms with van der Waals surface area (Å²) in [5.74, 6) is 1.08. The number of aromatic nitrogens is 3. The second kappa shape index (κ2) is 10.1. The van der Waals surface area contributed by atoms with E-state index >= 15 is 0 Å². The van der Waals surface area contributed by atoms with Crippen molar-refractivity contribution >= 4 is 34.6 Å². The monoisotopic (exact) mass is 445 g/mol. The first-order valence-corrected chi connectivity index (χ1v) is 11.0. The largest absolute Gasteiger partial charge is 0.387 e. The molecule has 0 aliphatic heterocycles. The van der Waals surface area contributed by atoms with E-state index in [1.54, 1.807) is 17.5 Å². The van der Waals surface area contributed by atoms with E-state index in [9.17, 15) is 4.79 Å². The highest BCUT2D eigenvalue weighted by Gasteiger charge is 2.08. The summed E-state index contributed by atoms with van der Waals surface area (Å²) in [5, 5.41) is 15.7. The van der Waals surface area contributed by atoms with Crippen LogP contribution < -0.4 is 10.6 Å². The molecule has 0 radical (unpaired) electrons. The molecule has 3 N–H and O–H groups in total. The van der Waals surface area contributed by atoms with E-state index < -0.39 is 12.5 Å². The number of nitrogens with zero attached hydrogens (tertiary/aromatic N) is 3. The van der Waals surface area contributed by atoms with Crippen molar-refractivity contribution in [2.24, 2.45) is 0 Å². The van der Waals surface area contributed by atoms with Gasteiger partial charge < -0.3 is 15.7 Å². The number of aliphatic hydroxyl groups is 1. The molecule has 0 atom stereocenters. The number of amides is 1. The number of carbonyl (C=O) groups excluding carboxylic acids is 1. The molecule has 8 heteroatoms. The SMILES string of the molecule is Cc1ccnc(Nc2cccc(-c3cnc(CCc4ccc(NC(=O)CO)cc4)s3)n2)c1. The van der Waals surface area contributed by atoms with E-state index in [1.807, 2.05) is 67.7 Å². The number of pyridine rings is 2. The average Bonchev–Trinajstić information content (AvgIpc) is 3.28. The molecule has 4 rings (SSSR count). The molecule has 0 saturated carbocycles. The van der Waals surface area contributed by atoms with Crippen molar-refractivity contribution in [2.45, 2.75) is 19.8 Å². The fourth-order valence-corrected chi connectivity index (χ4v) is 4.02. The minimum Gasteiger partial charge on any atom is -0.387 e. The minimum atomic E-state index is -0.523.